The number of amides is 2. The van der Waals surface area contributed by atoms with Crippen LogP contribution in [0.4, 0.5) is 5.69 Å². The van der Waals surface area contributed by atoms with Crippen LogP contribution < -0.4 is 16.0 Å². The van der Waals surface area contributed by atoms with Gasteiger partial charge >= 0.3 is 0 Å². The molecule has 1 saturated heterocycles. The van der Waals surface area contributed by atoms with Gasteiger partial charge in [-0.3, -0.25) is 9.59 Å². The van der Waals surface area contributed by atoms with Crippen molar-refractivity contribution >= 4 is 29.9 Å². The number of rotatable bonds is 7. The molecule has 0 aromatic heterocycles. The van der Waals surface area contributed by atoms with Crippen molar-refractivity contribution in [1.29, 1.82) is 0 Å². The molecule has 2 rings (SSSR count). The highest BCUT2D eigenvalue weighted by molar-refractivity contribution is 5.85. The molecule has 0 saturated carbocycles. The Morgan fingerprint density at radius 3 is 2.35 bits per heavy atom. The molecule has 0 aliphatic carbocycles. The number of nitrogens with zero attached hydrogens (tertiary/aromatic N) is 2. The van der Waals surface area contributed by atoms with Crippen molar-refractivity contribution in [3.63, 3.8) is 0 Å². The van der Waals surface area contributed by atoms with E-state index in [0.717, 1.165) is 19.5 Å². The van der Waals surface area contributed by atoms with Gasteiger partial charge in [0.15, 0.2) is 0 Å². The largest absolute Gasteiger partial charge is 0.368 e. The van der Waals surface area contributed by atoms with Crippen molar-refractivity contribution < 1.29 is 9.59 Å². The number of anilines is 1. The summed E-state index contributed by atoms with van der Waals surface area (Å²) in [7, 11) is 0. The van der Waals surface area contributed by atoms with E-state index in [2.05, 4.69) is 22.3 Å². The Morgan fingerprint density at radius 2 is 1.77 bits per heavy atom. The number of benzene rings is 1. The van der Waals surface area contributed by atoms with Gasteiger partial charge in [0.05, 0.1) is 6.04 Å². The highest BCUT2D eigenvalue weighted by Crippen LogP contribution is 2.15. The van der Waals surface area contributed by atoms with E-state index >= 15 is 0 Å². The van der Waals surface area contributed by atoms with E-state index in [9.17, 15) is 9.59 Å². The minimum atomic E-state index is -0.505. The third kappa shape index (κ3) is 6.18. The van der Waals surface area contributed by atoms with Crippen molar-refractivity contribution in [2.75, 3.05) is 37.6 Å². The molecule has 1 aromatic carbocycles. The molecule has 1 aliphatic heterocycles. The fourth-order valence-electron chi connectivity index (χ4n) is 2.93. The standard InChI is InChI=1S/C19H30N4O2.ClH/c1-3-15(2)18(20)19(25)21-10-9-17(24)23-13-11-22(12-14-23)16-7-5-4-6-8-16;/h4-8,15,18H,3,9-14,20H2,1-2H3,(H,21,25);1H. The fourth-order valence-corrected chi connectivity index (χ4v) is 2.93. The van der Waals surface area contributed by atoms with E-state index in [1.54, 1.807) is 0 Å². The first kappa shape index (κ1) is 22.3. The molecular formula is C19H31ClN4O2. The molecule has 26 heavy (non-hydrogen) atoms. The lowest BCUT2D eigenvalue weighted by Gasteiger charge is -2.36. The smallest absolute Gasteiger partial charge is 0.237 e. The van der Waals surface area contributed by atoms with Gasteiger partial charge in [-0.25, -0.2) is 0 Å². The van der Waals surface area contributed by atoms with E-state index in [4.69, 9.17) is 5.73 Å². The zero-order chi connectivity index (χ0) is 18.2. The number of halogens is 1. The number of carbonyl (C=O) groups excluding carboxylic acids is 2. The van der Waals surface area contributed by atoms with Crippen LogP contribution in [0.25, 0.3) is 0 Å². The number of nitrogens with one attached hydrogen (secondary N) is 1. The Kier molecular flexibility index (Phi) is 9.44. The summed E-state index contributed by atoms with van der Waals surface area (Å²) in [4.78, 5) is 28.4. The summed E-state index contributed by atoms with van der Waals surface area (Å²) in [5, 5.41) is 2.78. The molecule has 2 unspecified atom stereocenters. The van der Waals surface area contributed by atoms with Gasteiger partial charge in [-0.15, -0.1) is 12.4 Å². The first-order chi connectivity index (χ1) is 12.0. The Balaban J connectivity index is 0.00000338. The molecule has 2 amide bonds. The summed E-state index contributed by atoms with van der Waals surface area (Å²) in [5.74, 6) is 0.0583. The lowest BCUT2D eigenvalue weighted by Crippen LogP contribution is -2.50. The van der Waals surface area contributed by atoms with Crippen molar-refractivity contribution in [3.05, 3.63) is 30.3 Å². The summed E-state index contributed by atoms with van der Waals surface area (Å²) in [6.45, 7) is 7.42. The Bertz CT molecular complexity index is 562. The van der Waals surface area contributed by atoms with Crippen LogP contribution in [0.2, 0.25) is 0 Å². The molecule has 6 nitrogen and oxygen atoms in total. The lowest BCUT2D eigenvalue weighted by atomic mass is 9.99. The molecule has 3 N–H and O–H groups in total. The minimum absolute atomic E-state index is 0. The summed E-state index contributed by atoms with van der Waals surface area (Å²) in [6.07, 6.45) is 1.18. The van der Waals surface area contributed by atoms with Crippen molar-refractivity contribution in [3.8, 4) is 0 Å². The average molecular weight is 383 g/mol. The molecular weight excluding hydrogens is 352 g/mol. The van der Waals surface area contributed by atoms with Gasteiger partial charge < -0.3 is 20.9 Å². The zero-order valence-electron chi connectivity index (χ0n) is 15.7. The summed E-state index contributed by atoms with van der Waals surface area (Å²) >= 11 is 0. The number of nitrogens with two attached hydrogens (primary N) is 1. The molecule has 146 valence electrons. The Labute approximate surface area is 162 Å². The maximum absolute atomic E-state index is 12.3. The van der Waals surface area contributed by atoms with Gasteiger partial charge in [0, 0.05) is 44.8 Å². The molecule has 1 fully saturated rings. The summed E-state index contributed by atoms with van der Waals surface area (Å²) < 4.78 is 0. The first-order valence-electron chi connectivity index (χ1n) is 9.14. The molecule has 0 radical (unpaired) electrons. The predicted molar refractivity (Wildman–Crippen MR) is 108 cm³/mol. The van der Waals surface area contributed by atoms with E-state index in [1.165, 1.54) is 5.69 Å². The quantitative estimate of drug-likeness (QED) is 0.751. The molecule has 7 heteroatoms. The summed E-state index contributed by atoms with van der Waals surface area (Å²) in [5.41, 5.74) is 7.08. The van der Waals surface area contributed by atoms with Gasteiger partial charge in [0.1, 0.15) is 0 Å². The molecule has 1 aromatic rings. The predicted octanol–water partition coefficient (Wildman–Crippen LogP) is 1.64. The molecule has 1 heterocycles. The monoisotopic (exact) mass is 382 g/mol. The van der Waals surface area contributed by atoms with E-state index in [1.807, 2.05) is 36.9 Å². The molecule has 1 aliphatic rings. The van der Waals surface area contributed by atoms with Crippen LogP contribution >= 0.6 is 12.4 Å². The molecule has 2 atom stereocenters. The minimum Gasteiger partial charge on any atom is -0.368 e. The van der Waals surface area contributed by atoms with Crippen molar-refractivity contribution in [2.24, 2.45) is 11.7 Å². The van der Waals surface area contributed by atoms with Crippen LogP contribution in [0.15, 0.2) is 30.3 Å². The second-order valence-electron chi connectivity index (χ2n) is 6.66. The molecule has 0 bridgehead atoms. The van der Waals surface area contributed by atoms with Crippen LogP contribution in [0.5, 0.6) is 0 Å². The first-order valence-corrected chi connectivity index (χ1v) is 9.14. The third-order valence-corrected chi connectivity index (χ3v) is 4.95. The van der Waals surface area contributed by atoms with E-state index in [-0.39, 0.29) is 30.1 Å². The van der Waals surface area contributed by atoms with Crippen molar-refractivity contribution in [2.45, 2.75) is 32.7 Å². The second-order valence-corrected chi connectivity index (χ2v) is 6.66. The van der Waals surface area contributed by atoms with Crippen molar-refractivity contribution in [1.82, 2.24) is 10.2 Å². The van der Waals surface area contributed by atoms with Crippen LogP contribution in [-0.4, -0.2) is 55.5 Å². The van der Waals surface area contributed by atoms with Crippen LogP contribution in [-0.2, 0) is 9.59 Å². The summed E-state index contributed by atoms with van der Waals surface area (Å²) in [6, 6.07) is 9.74. The zero-order valence-corrected chi connectivity index (χ0v) is 16.5. The SMILES string of the molecule is CCC(C)C(N)C(=O)NCCC(=O)N1CCN(c2ccccc2)CC1.Cl. The Hall–Kier alpha value is -1.79. The highest BCUT2D eigenvalue weighted by atomic mass is 35.5. The van der Waals surface area contributed by atoms with Gasteiger partial charge in [0.25, 0.3) is 0 Å². The topological polar surface area (TPSA) is 78.7 Å². The third-order valence-electron chi connectivity index (χ3n) is 4.95. The van der Waals surface area contributed by atoms with E-state index < -0.39 is 6.04 Å². The van der Waals surface area contributed by atoms with Gasteiger partial charge in [-0.1, -0.05) is 38.5 Å². The van der Waals surface area contributed by atoms with Crippen LogP contribution in [0, 0.1) is 5.92 Å². The van der Waals surface area contributed by atoms with Gasteiger partial charge in [0.2, 0.25) is 11.8 Å². The number of carbonyl (C=O) groups is 2. The lowest BCUT2D eigenvalue weighted by molar-refractivity contribution is -0.131. The Morgan fingerprint density at radius 1 is 1.15 bits per heavy atom. The number of para-hydroxylation sites is 1. The van der Waals surface area contributed by atoms with Crippen LogP contribution in [0.3, 0.4) is 0 Å². The highest BCUT2D eigenvalue weighted by Gasteiger charge is 2.22. The maximum Gasteiger partial charge on any atom is 0.237 e. The van der Waals surface area contributed by atoms with E-state index in [0.29, 0.717) is 26.1 Å². The fraction of sp³-hybridized carbons (Fsp3) is 0.579. The maximum atomic E-state index is 12.3. The second kappa shape index (κ2) is 11.0. The normalized spacial score (nSPS) is 16.4. The van der Waals surface area contributed by atoms with Gasteiger partial charge in [-0.2, -0.15) is 0 Å². The number of hydrogen-bond acceptors (Lipinski definition) is 4. The average Bonchev–Trinajstić information content (AvgIpc) is 2.67. The van der Waals surface area contributed by atoms with Crippen LogP contribution in [0.1, 0.15) is 26.7 Å². The van der Waals surface area contributed by atoms with Gasteiger partial charge in [-0.05, 0) is 18.1 Å². The number of hydrogen-bond donors (Lipinski definition) is 2. The molecule has 0 spiro atoms. The number of piperazine rings is 1.